The maximum absolute atomic E-state index is 11.1. The molecule has 0 aromatic heterocycles. The number of methoxy groups -OCH3 is 1. The highest BCUT2D eigenvalue weighted by Crippen LogP contribution is 2.10. The van der Waals surface area contributed by atoms with Gasteiger partial charge in [-0.3, -0.25) is 0 Å². The van der Waals surface area contributed by atoms with Gasteiger partial charge >= 0.3 is 5.97 Å². The quantitative estimate of drug-likeness (QED) is 0.600. The zero-order valence-electron chi connectivity index (χ0n) is 8.49. The van der Waals surface area contributed by atoms with Gasteiger partial charge < -0.3 is 10.1 Å². The highest BCUT2D eigenvalue weighted by molar-refractivity contribution is 5.89. The van der Waals surface area contributed by atoms with Gasteiger partial charge in [-0.1, -0.05) is 0 Å². The van der Waals surface area contributed by atoms with Crippen LogP contribution in [0, 0.1) is 11.3 Å². The Balaban J connectivity index is 2.57. The van der Waals surface area contributed by atoms with Crippen LogP contribution in [-0.4, -0.2) is 19.6 Å². The van der Waals surface area contributed by atoms with E-state index in [0.717, 1.165) is 5.69 Å². The van der Waals surface area contributed by atoms with Crippen LogP contribution in [0.5, 0.6) is 0 Å². The summed E-state index contributed by atoms with van der Waals surface area (Å²) >= 11 is 0. The van der Waals surface area contributed by atoms with E-state index < -0.39 is 0 Å². The van der Waals surface area contributed by atoms with Crippen LogP contribution in [0.1, 0.15) is 16.8 Å². The van der Waals surface area contributed by atoms with Gasteiger partial charge in [0.1, 0.15) is 0 Å². The Morgan fingerprint density at radius 3 is 2.67 bits per heavy atom. The lowest BCUT2D eigenvalue weighted by molar-refractivity contribution is 0.0601. The van der Waals surface area contributed by atoms with Gasteiger partial charge in [-0.2, -0.15) is 5.26 Å². The lowest BCUT2D eigenvalue weighted by Gasteiger charge is -2.04. The van der Waals surface area contributed by atoms with Crippen molar-refractivity contribution in [2.75, 3.05) is 19.0 Å². The van der Waals surface area contributed by atoms with Gasteiger partial charge in [0.05, 0.1) is 25.2 Å². The molecule has 4 heteroatoms. The summed E-state index contributed by atoms with van der Waals surface area (Å²) in [5.74, 6) is -0.349. The third-order valence-corrected chi connectivity index (χ3v) is 1.87. The molecule has 4 nitrogen and oxygen atoms in total. The third-order valence-electron chi connectivity index (χ3n) is 1.87. The summed E-state index contributed by atoms with van der Waals surface area (Å²) in [6.07, 6.45) is 0.457. The van der Waals surface area contributed by atoms with Crippen LogP contribution in [0.3, 0.4) is 0 Å². The predicted molar refractivity (Wildman–Crippen MR) is 56.5 cm³/mol. The largest absolute Gasteiger partial charge is 0.465 e. The minimum atomic E-state index is -0.349. The average Bonchev–Trinajstić information content (AvgIpc) is 2.29. The molecule has 0 saturated carbocycles. The predicted octanol–water partition coefficient (Wildman–Crippen LogP) is 1.80. The van der Waals surface area contributed by atoms with E-state index in [0.29, 0.717) is 18.5 Å². The Morgan fingerprint density at radius 1 is 1.47 bits per heavy atom. The summed E-state index contributed by atoms with van der Waals surface area (Å²) in [6.45, 7) is 0.605. The third kappa shape index (κ3) is 3.31. The average molecular weight is 204 g/mol. The molecule has 0 fully saturated rings. The fourth-order valence-corrected chi connectivity index (χ4v) is 1.10. The minimum absolute atomic E-state index is 0.349. The van der Waals surface area contributed by atoms with Crippen LogP contribution in [-0.2, 0) is 4.74 Å². The summed E-state index contributed by atoms with van der Waals surface area (Å²) in [4.78, 5) is 11.1. The zero-order chi connectivity index (χ0) is 11.1. The van der Waals surface area contributed by atoms with Crippen molar-refractivity contribution in [3.63, 3.8) is 0 Å². The Hall–Kier alpha value is -2.02. The molecular formula is C11H12N2O2. The number of hydrogen-bond acceptors (Lipinski definition) is 4. The molecule has 0 aliphatic carbocycles. The Labute approximate surface area is 88.5 Å². The van der Waals surface area contributed by atoms with E-state index >= 15 is 0 Å². The number of hydrogen-bond donors (Lipinski definition) is 1. The van der Waals surface area contributed by atoms with Crippen LogP contribution in [0.2, 0.25) is 0 Å². The van der Waals surface area contributed by atoms with Gasteiger partial charge in [-0.25, -0.2) is 4.79 Å². The number of esters is 1. The fourth-order valence-electron chi connectivity index (χ4n) is 1.10. The zero-order valence-corrected chi connectivity index (χ0v) is 8.49. The van der Waals surface area contributed by atoms with E-state index in [-0.39, 0.29) is 5.97 Å². The first-order valence-corrected chi connectivity index (χ1v) is 4.57. The van der Waals surface area contributed by atoms with Crippen LogP contribution in [0.15, 0.2) is 24.3 Å². The van der Waals surface area contributed by atoms with Gasteiger partial charge in [0.15, 0.2) is 0 Å². The van der Waals surface area contributed by atoms with Crippen molar-refractivity contribution >= 4 is 11.7 Å². The lowest BCUT2D eigenvalue weighted by atomic mass is 10.2. The van der Waals surface area contributed by atoms with E-state index in [1.807, 2.05) is 6.07 Å². The van der Waals surface area contributed by atoms with Crippen molar-refractivity contribution in [2.24, 2.45) is 0 Å². The molecule has 78 valence electrons. The molecule has 0 bridgehead atoms. The number of benzene rings is 1. The van der Waals surface area contributed by atoms with Crippen LogP contribution < -0.4 is 5.32 Å². The van der Waals surface area contributed by atoms with Crippen molar-refractivity contribution < 1.29 is 9.53 Å². The van der Waals surface area contributed by atoms with E-state index in [1.54, 1.807) is 24.3 Å². The first-order chi connectivity index (χ1) is 7.27. The van der Waals surface area contributed by atoms with E-state index in [9.17, 15) is 4.79 Å². The SMILES string of the molecule is COC(=O)c1ccc(NCCC#N)cc1. The molecule has 0 unspecified atom stereocenters. The van der Waals surface area contributed by atoms with Crippen molar-refractivity contribution in [2.45, 2.75) is 6.42 Å². The number of carbonyl (C=O) groups excluding carboxylic acids is 1. The summed E-state index contributed by atoms with van der Waals surface area (Å²) in [5.41, 5.74) is 1.40. The standard InChI is InChI=1S/C11H12N2O2/c1-15-11(14)9-3-5-10(6-4-9)13-8-2-7-12/h3-6,13H,2,8H2,1H3. The van der Waals surface area contributed by atoms with E-state index in [1.165, 1.54) is 7.11 Å². The number of ether oxygens (including phenoxy) is 1. The van der Waals surface area contributed by atoms with Crippen molar-refractivity contribution in [3.05, 3.63) is 29.8 Å². The molecule has 0 aliphatic heterocycles. The number of nitrogens with zero attached hydrogens (tertiary/aromatic N) is 1. The first kappa shape index (κ1) is 11.1. The molecule has 0 amide bonds. The highest BCUT2D eigenvalue weighted by atomic mass is 16.5. The Morgan fingerprint density at radius 2 is 2.13 bits per heavy atom. The first-order valence-electron chi connectivity index (χ1n) is 4.57. The van der Waals surface area contributed by atoms with Gasteiger partial charge in [0.25, 0.3) is 0 Å². The molecule has 1 rings (SSSR count). The minimum Gasteiger partial charge on any atom is -0.465 e. The molecule has 0 radical (unpaired) electrons. The number of anilines is 1. The summed E-state index contributed by atoms with van der Waals surface area (Å²) in [5, 5.41) is 11.4. The fraction of sp³-hybridized carbons (Fsp3) is 0.273. The van der Waals surface area contributed by atoms with Gasteiger partial charge in [0, 0.05) is 12.2 Å². The second kappa shape index (κ2) is 5.66. The van der Waals surface area contributed by atoms with Crippen molar-refractivity contribution in [1.82, 2.24) is 0 Å². The van der Waals surface area contributed by atoms with Gasteiger partial charge in [-0.05, 0) is 24.3 Å². The number of carbonyl (C=O) groups is 1. The maximum Gasteiger partial charge on any atom is 0.337 e. The normalized spacial score (nSPS) is 9.07. The second-order valence-corrected chi connectivity index (χ2v) is 2.90. The van der Waals surface area contributed by atoms with E-state index in [2.05, 4.69) is 10.1 Å². The summed E-state index contributed by atoms with van der Waals surface area (Å²) in [6, 6.07) is 8.97. The molecule has 0 saturated heterocycles. The molecule has 1 aromatic rings. The molecule has 0 spiro atoms. The van der Waals surface area contributed by atoms with Crippen molar-refractivity contribution in [1.29, 1.82) is 5.26 Å². The monoisotopic (exact) mass is 204 g/mol. The van der Waals surface area contributed by atoms with Crippen molar-refractivity contribution in [3.8, 4) is 6.07 Å². The van der Waals surface area contributed by atoms with Crippen LogP contribution >= 0.6 is 0 Å². The lowest BCUT2D eigenvalue weighted by Crippen LogP contribution is -2.03. The summed E-state index contributed by atoms with van der Waals surface area (Å²) in [7, 11) is 1.35. The summed E-state index contributed by atoms with van der Waals surface area (Å²) < 4.78 is 4.57. The maximum atomic E-state index is 11.1. The van der Waals surface area contributed by atoms with Crippen LogP contribution in [0.25, 0.3) is 0 Å². The molecule has 0 heterocycles. The number of rotatable bonds is 4. The molecule has 0 aliphatic rings. The molecule has 15 heavy (non-hydrogen) atoms. The van der Waals surface area contributed by atoms with E-state index in [4.69, 9.17) is 5.26 Å². The second-order valence-electron chi connectivity index (χ2n) is 2.90. The van der Waals surface area contributed by atoms with Gasteiger partial charge in [0.2, 0.25) is 0 Å². The Kier molecular flexibility index (Phi) is 4.17. The number of nitrogens with one attached hydrogen (secondary N) is 1. The Bertz CT molecular complexity index is 365. The topological polar surface area (TPSA) is 62.1 Å². The molecule has 1 aromatic carbocycles. The number of nitriles is 1. The highest BCUT2D eigenvalue weighted by Gasteiger charge is 2.03. The van der Waals surface area contributed by atoms with Crippen LogP contribution in [0.4, 0.5) is 5.69 Å². The smallest absolute Gasteiger partial charge is 0.337 e. The molecule has 1 N–H and O–H groups in total. The molecule has 0 atom stereocenters. The molecular weight excluding hydrogens is 192 g/mol. The van der Waals surface area contributed by atoms with Gasteiger partial charge in [-0.15, -0.1) is 0 Å².